The number of carbonyl (C=O) groups is 1. The smallest absolute Gasteiger partial charge is 0.293 e. The van der Waals surface area contributed by atoms with Gasteiger partial charge in [-0.2, -0.15) is 0 Å². The number of rotatable bonds is 5. The zero-order valence-corrected chi connectivity index (χ0v) is 15.6. The summed E-state index contributed by atoms with van der Waals surface area (Å²) >= 11 is 0. The first-order valence-electron chi connectivity index (χ1n) is 9.28. The summed E-state index contributed by atoms with van der Waals surface area (Å²) in [5.74, 6) is 0.513. The normalized spacial score (nSPS) is 23.7. The van der Waals surface area contributed by atoms with E-state index in [9.17, 15) is 9.59 Å². The Morgan fingerprint density at radius 1 is 1.31 bits per heavy atom. The average Bonchev–Trinajstić information content (AvgIpc) is 2.65. The summed E-state index contributed by atoms with van der Waals surface area (Å²) in [6.07, 6.45) is 6.78. The van der Waals surface area contributed by atoms with Gasteiger partial charge in [-0.25, -0.2) is 4.98 Å². The van der Waals surface area contributed by atoms with Crippen LogP contribution in [0.4, 0.5) is 5.82 Å². The first kappa shape index (κ1) is 18.8. The van der Waals surface area contributed by atoms with Gasteiger partial charge < -0.3 is 23.8 Å². The molecule has 3 rings (SSSR count). The second-order valence-electron chi connectivity index (χ2n) is 7.07. The molecule has 2 saturated heterocycles. The Morgan fingerprint density at radius 2 is 2.12 bits per heavy atom. The maximum absolute atomic E-state index is 12.6. The maximum Gasteiger partial charge on any atom is 0.293 e. The lowest BCUT2D eigenvalue weighted by atomic mass is 10.1. The number of aryl methyl sites for hydroxylation is 1. The van der Waals surface area contributed by atoms with Gasteiger partial charge in [-0.05, 0) is 19.3 Å². The zero-order chi connectivity index (χ0) is 18.5. The SMILES string of the molecule is CN(C[C@@H]1CN(C(=O)C[C@@H]2CCCCO2)CCO1)c1nccn(C)c1=O. The monoisotopic (exact) mass is 364 g/mol. The Hall–Kier alpha value is -1.93. The molecule has 3 heterocycles. The molecule has 1 amide bonds. The molecule has 0 N–H and O–H groups in total. The number of morpholine rings is 1. The Kier molecular flexibility index (Phi) is 6.26. The molecule has 2 fully saturated rings. The molecule has 2 aliphatic heterocycles. The van der Waals surface area contributed by atoms with Gasteiger partial charge in [0.05, 0.1) is 25.2 Å². The largest absolute Gasteiger partial charge is 0.378 e. The van der Waals surface area contributed by atoms with Gasteiger partial charge in [0.2, 0.25) is 5.91 Å². The summed E-state index contributed by atoms with van der Waals surface area (Å²) in [7, 11) is 3.52. The third kappa shape index (κ3) is 4.62. The van der Waals surface area contributed by atoms with Crippen molar-refractivity contribution in [1.29, 1.82) is 0 Å². The van der Waals surface area contributed by atoms with E-state index in [1.54, 1.807) is 24.3 Å². The molecule has 0 spiro atoms. The number of likely N-dealkylation sites (N-methyl/N-ethyl adjacent to an activating group) is 1. The van der Waals surface area contributed by atoms with Crippen LogP contribution in [0.2, 0.25) is 0 Å². The van der Waals surface area contributed by atoms with Gasteiger partial charge >= 0.3 is 0 Å². The molecule has 0 unspecified atom stereocenters. The summed E-state index contributed by atoms with van der Waals surface area (Å²) in [5.41, 5.74) is -0.145. The molecule has 1 aromatic rings. The number of nitrogens with zero attached hydrogens (tertiary/aromatic N) is 4. The van der Waals surface area contributed by atoms with Gasteiger partial charge in [0.15, 0.2) is 5.82 Å². The van der Waals surface area contributed by atoms with E-state index < -0.39 is 0 Å². The van der Waals surface area contributed by atoms with Crippen molar-refractivity contribution in [2.75, 3.05) is 44.8 Å². The quantitative estimate of drug-likeness (QED) is 0.753. The Morgan fingerprint density at radius 3 is 2.88 bits per heavy atom. The fourth-order valence-electron chi connectivity index (χ4n) is 3.49. The van der Waals surface area contributed by atoms with Crippen molar-refractivity contribution in [2.24, 2.45) is 7.05 Å². The number of amides is 1. The van der Waals surface area contributed by atoms with Crippen molar-refractivity contribution >= 4 is 11.7 Å². The van der Waals surface area contributed by atoms with Crippen molar-refractivity contribution in [3.8, 4) is 0 Å². The van der Waals surface area contributed by atoms with Crippen LogP contribution in [0.25, 0.3) is 0 Å². The van der Waals surface area contributed by atoms with Crippen molar-refractivity contribution < 1.29 is 14.3 Å². The van der Waals surface area contributed by atoms with Crippen LogP contribution < -0.4 is 10.5 Å². The predicted molar refractivity (Wildman–Crippen MR) is 97.3 cm³/mol. The zero-order valence-electron chi connectivity index (χ0n) is 15.6. The molecular formula is C18H28N4O4. The minimum Gasteiger partial charge on any atom is -0.378 e. The van der Waals surface area contributed by atoms with E-state index in [2.05, 4.69) is 4.98 Å². The van der Waals surface area contributed by atoms with Crippen molar-refractivity contribution in [1.82, 2.24) is 14.5 Å². The van der Waals surface area contributed by atoms with Crippen LogP contribution in [0.1, 0.15) is 25.7 Å². The van der Waals surface area contributed by atoms with Crippen LogP contribution in [-0.2, 0) is 21.3 Å². The van der Waals surface area contributed by atoms with Crippen molar-refractivity contribution in [3.05, 3.63) is 22.7 Å². The lowest BCUT2D eigenvalue weighted by molar-refractivity contribution is -0.142. The minimum absolute atomic E-state index is 0.0526. The average molecular weight is 364 g/mol. The van der Waals surface area contributed by atoms with Crippen LogP contribution in [0.5, 0.6) is 0 Å². The van der Waals surface area contributed by atoms with Crippen molar-refractivity contribution in [2.45, 2.75) is 37.9 Å². The minimum atomic E-state index is -0.145. The molecule has 26 heavy (non-hydrogen) atoms. The van der Waals surface area contributed by atoms with Crippen LogP contribution >= 0.6 is 0 Å². The van der Waals surface area contributed by atoms with E-state index in [-0.39, 0.29) is 23.7 Å². The van der Waals surface area contributed by atoms with Gasteiger partial charge in [-0.15, -0.1) is 0 Å². The Bertz CT molecular complexity index is 671. The van der Waals surface area contributed by atoms with Crippen LogP contribution in [0.3, 0.4) is 0 Å². The van der Waals surface area contributed by atoms with Gasteiger partial charge in [0.1, 0.15) is 0 Å². The highest BCUT2D eigenvalue weighted by Gasteiger charge is 2.28. The van der Waals surface area contributed by atoms with E-state index in [0.717, 1.165) is 25.9 Å². The molecule has 2 atom stereocenters. The fraction of sp³-hybridized carbons (Fsp3) is 0.722. The van der Waals surface area contributed by atoms with E-state index in [1.165, 1.54) is 4.57 Å². The highest BCUT2D eigenvalue weighted by molar-refractivity contribution is 5.76. The maximum atomic E-state index is 12.6. The molecule has 0 saturated carbocycles. The molecule has 144 valence electrons. The fourth-order valence-corrected chi connectivity index (χ4v) is 3.49. The first-order valence-corrected chi connectivity index (χ1v) is 9.28. The van der Waals surface area contributed by atoms with Crippen molar-refractivity contribution in [3.63, 3.8) is 0 Å². The molecule has 8 heteroatoms. The lowest BCUT2D eigenvalue weighted by Gasteiger charge is -2.36. The van der Waals surface area contributed by atoms with Crippen LogP contribution in [0, 0.1) is 0 Å². The molecule has 2 aliphatic rings. The summed E-state index contributed by atoms with van der Waals surface area (Å²) in [6.45, 7) is 2.92. The second-order valence-corrected chi connectivity index (χ2v) is 7.07. The van der Waals surface area contributed by atoms with Gasteiger partial charge in [0.25, 0.3) is 5.56 Å². The number of hydrogen-bond acceptors (Lipinski definition) is 6. The second kappa shape index (κ2) is 8.64. The molecule has 0 aliphatic carbocycles. The number of hydrogen-bond donors (Lipinski definition) is 0. The highest BCUT2D eigenvalue weighted by Crippen LogP contribution is 2.18. The van der Waals surface area contributed by atoms with E-state index in [0.29, 0.717) is 38.5 Å². The molecular weight excluding hydrogens is 336 g/mol. The summed E-state index contributed by atoms with van der Waals surface area (Å²) in [4.78, 5) is 32.6. The topological polar surface area (TPSA) is 76.9 Å². The third-order valence-corrected chi connectivity index (χ3v) is 5.01. The molecule has 1 aromatic heterocycles. The molecule has 0 radical (unpaired) electrons. The molecule has 8 nitrogen and oxygen atoms in total. The van der Waals surface area contributed by atoms with Gasteiger partial charge in [-0.3, -0.25) is 9.59 Å². The summed E-state index contributed by atoms with van der Waals surface area (Å²) < 4.78 is 13.0. The lowest BCUT2D eigenvalue weighted by Crippen LogP contribution is -2.50. The number of carbonyl (C=O) groups excluding carboxylic acids is 1. The number of aromatic nitrogens is 2. The summed E-state index contributed by atoms with van der Waals surface area (Å²) in [6, 6.07) is 0. The predicted octanol–water partition coefficient (Wildman–Crippen LogP) is 0.403. The Balaban J connectivity index is 1.55. The van der Waals surface area contributed by atoms with E-state index >= 15 is 0 Å². The highest BCUT2D eigenvalue weighted by atomic mass is 16.5. The van der Waals surface area contributed by atoms with Crippen LogP contribution in [0.15, 0.2) is 17.2 Å². The Labute approximate surface area is 153 Å². The first-order chi connectivity index (χ1) is 12.5. The molecule has 0 aromatic carbocycles. The third-order valence-electron chi connectivity index (χ3n) is 5.01. The molecule has 0 bridgehead atoms. The number of ether oxygens (including phenoxy) is 2. The number of anilines is 1. The van der Waals surface area contributed by atoms with E-state index in [4.69, 9.17) is 9.47 Å². The standard InChI is InChI=1S/C18H28N4O4/c1-20-7-6-19-17(18(20)24)21(2)12-15-13-22(8-10-26-15)16(23)11-14-5-3-4-9-25-14/h6-7,14-15H,3-5,8-13H2,1-2H3/t14-,15+/m0/s1. The van der Waals surface area contributed by atoms with Gasteiger partial charge in [0, 0.05) is 52.7 Å². The van der Waals surface area contributed by atoms with Crippen LogP contribution in [-0.4, -0.2) is 72.5 Å². The summed E-state index contributed by atoms with van der Waals surface area (Å²) in [5, 5.41) is 0. The van der Waals surface area contributed by atoms with E-state index in [1.807, 2.05) is 11.9 Å². The van der Waals surface area contributed by atoms with Gasteiger partial charge in [-0.1, -0.05) is 0 Å².